The van der Waals surface area contributed by atoms with Crippen LogP contribution in [0.3, 0.4) is 0 Å². The fraction of sp³-hybridized carbons (Fsp3) is 0.684. The van der Waals surface area contributed by atoms with Crippen LogP contribution in [0.25, 0.3) is 0 Å². The van der Waals surface area contributed by atoms with Crippen LogP contribution in [0.1, 0.15) is 68.2 Å². The van der Waals surface area contributed by atoms with Gasteiger partial charge in [0.1, 0.15) is 0 Å². The number of aryl methyl sites for hydroxylation is 1. The summed E-state index contributed by atoms with van der Waals surface area (Å²) in [6.07, 6.45) is 8.39. The molecule has 0 saturated heterocycles. The third-order valence-electron chi connectivity index (χ3n) is 4.71. The van der Waals surface area contributed by atoms with Gasteiger partial charge in [-0.05, 0) is 56.3 Å². The summed E-state index contributed by atoms with van der Waals surface area (Å²) in [7, 11) is 0. The van der Waals surface area contributed by atoms with Crippen molar-refractivity contribution in [3.05, 3.63) is 34.9 Å². The first kappa shape index (κ1) is 16.9. The highest BCUT2D eigenvalue weighted by molar-refractivity contribution is 7.99. The van der Waals surface area contributed by atoms with Crippen LogP contribution >= 0.6 is 11.8 Å². The average Bonchev–Trinajstić information content (AvgIpc) is 2.52. The first-order valence-electron chi connectivity index (χ1n) is 8.63. The quantitative estimate of drug-likeness (QED) is 0.723. The van der Waals surface area contributed by atoms with Gasteiger partial charge in [-0.25, -0.2) is 0 Å². The van der Waals surface area contributed by atoms with Crippen LogP contribution in [-0.2, 0) is 0 Å². The molecule has 1 fully saturated rings. The lowest BCUT2D eigenvalue weighted by Gasteiger charge is -2.26. The molecule has 0 bridgehead atoms. The van der Waals surface area contributed by atoms with Gasteiger partial charge in [0.25, 0.3) is 0 Å². The van der Waals surface area contributed by atoms with Crippen LogP contribution in [-0.4, -0.2) is 17.5 Å². The van der Waals surface area contributed by atoms with Crippen molar-refractivity contribution in [1.82, 2.24) is 5.32 Å². The zero-order valence-electron chi connectivity index (χ0n) is 14.0. The molecule has 2 rings (SSSR count). The lowest BCUT2D eigenvalue weighted by Crippen LogP contribution is -2.26. The van der Waals surface area contributed by atoms with E-state index in [1.165, 1.54) is 61.0 Å². The number of benzene rings is 1. The molecular weight excluding hydrogens is 274 g/mol. The Bertz CT molecular complexity index is 424. The highest BCUT2D eigenvalue weighted by Crippen LogP contribution is 2.32. The van der Waals surface area contributed by atoms with Gasteiger partial charge in [-0.2, -0.15) is 11.8 Å². The molecule has 0 aliphatic heterocycles. The maximum Gasteiger partial charge on any atom is 0.0414 e. The monoisotopic (exact) mass is 305 g/mol. The molecule has 0 spiro atoms. The minimum Gasteiger partial charge on any atom is -0.309 e. The van der Waals surface area contributed by atoms with Gasteiger partial charge >= 0.3 is 0 Å². The molecule has 1 aliphatic carbocycles. The van der Waals surface area contributed by atoms with E-state index in [4.69, 9.17) is 0 Å². The fourth-order valence-electron chi connectivity index (χ4n) is 3.19. The molecule has 1 nitrogen and oxygen atoms in total. The van der Waals surface area contributed by atoms with Crippen LogP contribution in [0.5, 0.6) is 0 Å². The Labute approximate surface area is 135 Å². The summed E-state index contributed by atoms with van der Waals surface area (Å²) < 4.78 is 0. The standard InChI is InChI=1S/C19H31NS/c1-4-13-20-19(14-21-17-10-6-5-7-11-17)18-12-8-9-15(2)16(18)3/h8-9,12,17,19-20H,4-7,10-11,13-14H2,1-3H3. The minimum atomic E-state index is 0.511. The molecule has 0 radical (unpaired) electrons. The van der Waals surface area contributed by atoms with E-state index >= 15 is 0 Å². The zero-order valence-corrected chi connectivity index (χ0v) is 14.8. The van der Waals surface area contributed by atoms with Gasteiger partial charge < -0.3 is 5.32 Å². The predicted octanol–water partition coefficient (Wildman–Crippen LogP) is 5.41. The minimum absolute atomic E-state index is 0.511. The van der Waals surface area contributed by atoms with Crippen LogP contribution in [0.4, 0.5) is 0 Å². The summed E-state index contributed by atoms with van der Waals surface area (Å²) in [5.74, 6) is 1.22. The van der Waals surface area contributed by atoms with E-state index in [1.807, 2.05) is 0 Å². The number of nitrogens with one attached hydrogen (secondary N) is 1. The molecule has 1 aliphatic rings. The topological polar surface area (TPSA) is 12.0 Å². The molecule has 1 aromatic carbocycles. The van der Waals surface area contributed by atoms with Crippen molar-refractivity contribution in [3.63, 3.8) is 0 Å². The maximum absolute atomic E-state index is 3.77. The van der Waals surface area contributed by atoms with Crippen LogP contribution in [0, 0.1) is 13.8 Å². The van der Waals surface area contributed by atoms with E-state index in [1.54, 1.807) is 0 Å². The number of hydrogen-bond donors (Lipinski definition) is 1. The molecule has 1 N–H and O–H groups in total. The largest absolute Gasteiger partial charge is 0.309 e. The van der Waals surface area contributed by atoms with Crippen molar-refractivity contribution in [2.45, 2.75) is 70.6 Å². The summed E-state index contributed by atoms with van der Waals surface area (Å²) in [4.78, 5) is 0. The van der Waals surface area contributed by atoms with E-state index in [9.17, 15) is 0 Å². The van der Waals surface area contributed by atoms with Crippen LogP contribution < -0.4 is 5.32 Å². The van der Waals surface area contributed by atoms with Gasteiger partial charge in [-0.15, -0.1) is 0 Å². The Morgan fingerprint density at radius 1 is 1.19 bits per heavy atom. The maximum atomic E-state index is 3.77. The van der Waals surface area contributed by atoms with Crippen molar-refractivity contribution in [2.24, 2.45) is 0 Å². The molecule has 1 atom stereocenters. The SMILES string of the molecule is CCCNC(CSC1CCCCC1)c1cccc(C)c1C. The van der Waals surface area contributed by atoms with Crippen molar-refractivity contribution in [2.75, 3.05) is 12.3 Å². The van der Waals surface area contributed by atoms with Gasteiger partial charge in [0.05, 0.1) is 0 Å². The zero-order chi connectivity index (χ0) is 15.1. The van der Waals surface area contributed by atoms with E-state index in [2.05, 4.69) is 56.0 Å². The third kappa shape index (κ3) is 5.03. The summed E-state index contributed by atoms with van der Waals surface area (Å²) in [5, 5.41) is 4.67. The van der Waals surface area contributed by atoms with Crippen LogP contribution in [0.2, 0.25) is 0 Å². The van der Waals surface area contributed by atoms with Crippen molar-refractivity contribution in [3.8, 4) is 0 Å². The fourth-order valence-corrected chi connectivity index (χ4v) is 4.62. The normalized spacial score (nSPS) is 17.9. The lowest BCUT2D eigenvalue weighted by molar-refractivity contribution is 0.513. The molecule has 2 heteroatoms. The molecule has 1 aromatic rings. The highest BCUT2D eigenvalue weighted by atomic mass is 32.2. The molecule has 21 heavy (non-hydrogen) atoms. The Balaban J connectivity index is 2.01. The second kappa shape index (κ2) is 8.85. The highest BCUT2D eigenvalue weighted by Gasteiger charge is 2.18. The number of rotatable bonds is 7. The van der Waals surface area contributed by atoms with Crippen molar-refractivity contribution in [1.29, 1.82) is 0 Å². The van der Waals surface area contributed by atoms with Gasteiger partial charge in [0.15, 0.2) is 0 Å². The molecule has 0 amide bonds. The van der Waals surface area contributed by atoms with Gasteiger partial charge in [-0.3, -0.25) is 0 Å². The Hall–Kier alpha value is -0.470. The van der Waals surface area contributed by atoms with Gasteiger partial charge in [0.2, 0.25) is 0 Å². The number of thioether (sulfide) groups is 1. The first-order chi connectivity index (χ1) is 10.2. The summed E-state index contributed by atoms with van der Waals surface area (Å²) in [5.41, 5.74) is 4.39. The Morgan fingerprint density at radius 3 is 2.67 bits per heavy atom. The molecule has 1 unspecified atom stereocenters. The summed E-state index contributed by atoms with van der Waals surface area (Å²) >= 11 is 2.20. The molecular formula is C19H31NS. The first-order valence-corrected chi connectivity index (χ1v) is 9.68. The third-order valence-corrected chi connectivity index (χ3v) is 6.18. The van der Waals surface area contributed by atoms with Gasteiger partial charge in [-0.1, -0.05) is 44.4 Å². The smallest absolute Gasteiger partial charge is 0.0414 e. The molecule has 118 valence electrons. The summed E-state index contributed by atoms with van der Waals surface area (Å²) in [6.45, 7) is 7.87. The van der Waals surface area contributed by atoms with E-state index < -0.39 is 0 Å². The summed E-state index contributed by atoms with van der Waals surface area (Å²) in [6, 6.07) is 7.27. The van der Waals surface area contributed by atoms with E-state index in [0.717, 1.165) is 11.8 Å². The second-order valence-corrected chi connectivity index (χ2v) is 7.72. The Kier molecular flexibility index (Phi) is 7.12. The number of hydrogen-bond acceptors (Lipinski definition) is 2. The van der Waals surface area contributed by atoms with Crippen LogP contribution in [0.15, 0.2) is 18.2 Å². The van der Waals surface area contributed by atoms with E-state index in [-0.39, 0.29) is 0 Å². The van der Waals surface area contributed by atoms with Gasteiger partial charge in [0, 0.05) is 17.0 Å². The lowest BCUT2D eigenvalue weighted by atomic mass is 9.98. The van der Waals surface area contributed by atoms with E-state index in [0.29, 0.717) is 6.04 Å². The van der Waals surface area contributed by atoms with Crippen molar-refractivity contribution < 1.29 is 0 Å². The molecule has 0 heterocycles. The average molecular weight is 306 g/mol. The predicted molar refractivity (Wildman–Crippen MR) is 96.3 cm³/mol. The Morgan fingerprint density at radius 2 is 1.95 bits per heavy atom. The molecule has 1 saturated carbocycles. The van der Waals surface area contributed by atoms with Crippen molar-refractivity contribution >= 4 is 11.8 Å². The second-order valence-electron chi connectivity index (χ2n) is 6.39. The molecule has 0 aromatic heterocycles.